The summed E-state index contributed by atoms with van der Waals surface area (Å²) < 4.78 is 2.40. The molecule has 2 aromatic rings. The van der Waals surface area contributed by atoms with E-state index < -0.39 is 0 Å². The quantitative estimate of drug-likeness (QED) is 0.616. The minimum atomic E-state index is 0.481. The Balaban J connectivity index is 2.28. The van der Waals surface area contributed by atoms with E-state index in [-0.39, 0.29) is 0 Å². The summed E-state index contributed by atoms with van der Waals surface area (Å²) >= 11 is 5.96. The molecule has 0 aliphatic heterocycles. The highest BCUT2D eigenvalue weighted by atomic mass is 35.5. The van der Waals surface area contributed by atoms with Crippen LogP contribution in [0.2, 0.25) is 0 Å². The largest absolute Gasteiger partial charge is 0.325 e. The first kappa shape index (κ1) is 16.4. The van der Waals surface area contributed by atoms with Gasteiger partial charge in [0, 0.05) is 18.3 Å². The molecule has 1 aromatic heterocycles. The molecular weight excluding hydrogens is 280 g/mol. The predicted molar refractivity (Wildman–Crippen MR) is 92.3 cm³/mol. The van der Waals surface area contributed by atoms with Gasteiger partial charge in [-0.05, 0) is 43.9 Å². The van der Waals surface area contributed by atoms with Crippen LogP contribution in [0.1, 0.15) is 57.5 Å². The summed E-state index contributed by atoms with van der Waals surface area (Å²) in [6.07, 6.45) is 4.60. The highest BCUT2D eigenvalue weighted by Crippen LogP contribution is 2.26. The third kappa shape index (κ3) is 4.00. The van der Waals surface area contributed by atoms with Crippen LogP contribution in [0.5, 0.6) is 0 Å². The van der Waals surface area contributed by atoms with Crippen LogP contribution in [-0.4, -0.2) is 15.4 Å². The molecule has 0 aliphatic carbocycles. The first-order valence-electron chi connectivity index (χ1n) is 8.06. The van der Waals surface area contributed by atoms with E-state index in [1.165, 1.54) is 30.3 Å². The predicted octanol–water partition coefficient (Wildman–Crippen LogP) is 5.51. The number of aromatic nitrogens is 2. The van der Waals surface area contributed by atoms with Crippen molar-refractivity contribution in [1.29, 1.82) is 0 Å². The number of imidazole rings is 1. The van der Waals surface area contributed by atoms with E-state index in [0.29, 0.717) is 11.9 Å². The van der Waals surface area contributed by atoms with Crippen LogP contribution >= 0.6 is 11.6 Å². The zero-order chi connectivity index (χ0) is 15.4. The maximum atomic E-state index is 5.96. The molecule has 0 saturated heterocycles. The highest BCUT2D eigenvalue weighted by Gasteiger charge is 2.15. The number of benzene rings is 1. The number of hydrogen-bond acceptors (Lipinski definition) is 1. The van der Waals surface area contributed by atoms with E-state index in [2.05, 4.69) is 50.5 Å². The average Bonchev–Trinajstić information content (AvgIpc) is 2.75. The lowest BCUT2D eigenvalue weighted by molar-refractivity contribution is 0.445. The second-order valence-corrected chi connectivity index (χ2v) is 6.88. The van der Waals surface area contributed by atoms with Gasteiger partial charge in [-0.1, -0.05) is 32.8 Å². The molecule has 1 aromatic carbocycles. The normalized spacial score (nSPS) is 13.2. The van der Waals surface area contributed by atoms with Gasteiger partial charge in [0.2, 0.25) is 0 Å². The number of rotatable bonds is 7. The Morgan fingerprint density at radius 2 is 1.95 bits per heavy atom. The Hall–Kier alpha value is -1.02. The second kappa shape index (κ2) is 7.31. The van der Waals surface area contributed by atoms with Crippen LogP contribution in [0.3, 0.4) is 0 Å². The fourth-order valence-electron chi connectivity index (χ4n) is 2.96. The molecule has 0 amide bonds. The minimum absolute atomic E-state index is 0.481. The van der Waals surface area contributed by atoms with Gasteiger partial charge in [0.1, 0.15) is 5.82 Å². The van der Waals surface area contributed by atoms with Gasteiger partial charge in [0.25, 0.3) is 0 Å². The molecular formula is C18H27ClN2. The van der Waals surface area contributed by atoms with Crippen LogP contribution in [0.4, 0.5) is 0 Å². The Kier molecular flexibility index (Phi) is 5.69. The molecule has 0 spiro atoms. The van der Waals surface area contributed by atoms with Gasteiger partial charge in [-0.25, -0.2) is 4.98 Å². The third-order valence-electron chi connectivity index (χ3n) is 4.08. The Morgan fingerprint density at radius 3 is 2.62 bits per heavy atom. The van der Waals surface area contributed by atoms with Gasteiger partial charge in [0.05, 0.1) is 11.0 Å². The molecule has 1 unspecified atom stereocenters. The summed E-state index contributed by atoms with van der Waals surface area (Å²) in [6, 6.07) is 7.03. The van der Waals surface area contributed by atoms with Gasteiger partial charge in [0.15, 0.2) is 0 Å². The topological polar surface area (TPSA) is 17.8 Å². The summed E-state index contributed by atoms with van der Waals surface area (Å²) in [7, 11) is 0. The Labute approximate surface area is 133 Å². The van der Waals surface area contributed by atoms with Gasteiger partial charge >= 0.3 is 0 Å². The summed E-state index contributed by atoms with van der Waals surface area (Å²) in [5, 5.41) is 0. The molecule has 0 N–H and O–H groups in total. The lowest BCUT2D eigenvalue weighted by atomic mass is 10.0. The minimum Gasteiger partial charge on any atom is -0.325 e. The van der Waals surface area contributed by atoms with Crippen molar-refractivity contribution in [2.45, 2.75) is 59.4 Å². The van der Waals surface area contributed by atoms with Gasteiger partial charge < -0.3 is 4.57 Å². The van der Waals surface area contributed by atoms with E-state index in [1.807, 2.05) is 0 Å². The number of nitrogens with zero attached hydrogens (tertiary/aromatic N) is 2. The number of halogens is 1. The zero-order valence-electron chi connectivity index (χ0n) is 13.7. The second-order valence-electron chi connectivity index (χ2n) is 6.50. The monoisotopic (exact) mass is 306 g/mol. The first-order valence-corrected chi connectivity index (χ1v) is 8.59. The Bertz CT molecular complexity index is 586. The standard InChI is InChI=1S/C18H27ClN2/c1-13(2)6-5-7-15(4)21-17-9-8-14(3)12-16(17)20-18(21)10-11-19/h8-9,12-13,15H,5-7,10-11H2,1-4H3. The van der Waals surface area contributed by atoms with Gasteiger partial charge in [-0.3, -0.25) is 0 Å². The Morgan fingerprint density at radius 1 is 1.19 bits per heavy atom. The lowest BCUT2D eigenvalue weighted by Crippen LogP contribution is -2.10. The smallest absolute Gasteiger partial charge is 0.111 e. The zero-order valence-corrected chi connectivity index (χ0v) is 14.5. The van der Waals surface area contributed by atoms with Crippen molar-refractivity contribution in [2.75, 3.05) is 5.88 Å². The molecule has 2 rings (SSSR count). The molecule has 0 radical (unpaired) electrons. The summed E-state index contributed by atoms with van der Waals surface area (Å²) in [5.74, 6) is 2.53. The number of fused-ring (bicyclic) bond motifs is 1. The van der Waals surface area contributed by atoms with E-state index >= 15 is 0 Å². The number of aryl methyl sites for hydroxylation is 2. The molecule has 0 bridgehead atoms. The molecule has 1 atom stereocenters. The van der Waals surface area contributed by atoms with Crippen molar-refractivity contribution in [3.8, 4) is 0 Å². The van der Waals surface area contributed by atoms with Crippen molar-refractivity contribution in [1.82, 2.24) is 9.55 Å². The molecule has 116 valence electrons. The fourth-order valence-corrected chi connectivity index (χ4v) is 3.13. The SMILES string of the molecule is Cc1ccc2c(c1)nc(CCCl)n2C(C)CCCC(C)C. The van der Waals surface area contributed by atoms with Crippen molar-refractivity contribution in [2.24, 2.45) is 5.92 Å². The maximum absolute atomic E-state index is 5.96. The number of hydrogen-bond donors (Lipinski definition) is 0. The van der Waals surface area contributed by atoms with Gasteiger partial charge in [-0.15, -0.1) is 11.6 Å². The molecule has 1 heterocycles. The fraction of sp³-hybridized carbons (Fsp3) is 0.611. The van der Waals surface area contributed by atoms with E-state index in [1.54, 1.807) is 0 Å². The summed E-state index contributed by atoms with van der Waals surface area (Å²) in [6.45, 7) is 9.00. The third-order valence-corrected chi connectivity index (χ3v) is 4.27. The molecule has 3 heteroatoms. The van der Waals surface area contributed by atoms with Crippen molar-refractivity contribution in [3.05, 3.63) is 29.6 Å². The molecule has 0 aliphatic rings. The molecule has 21 heavy (non-hydrogen) atoms. The van der Waals surface area contributed by atoms with Crippen LogP contribution in [0, 0.1) is 12.8 Å². The summed E-state index contributed by atoms with van der Waals surface area (Å²) in [4.78, 5) is 4.81. The van der Waals surface area contributed by atoms with Crippen LogP contribution in [0.15, 0.2) is 18.2 Å². The average molecular weight is 307 g/mol. The molecule has 0 fully saturated rings. The molecule has 0 saturated carbocycles. The van der Waals surface area contributed by atoms with E-state index in [0.717, 1.165) is 23.7 Å². The highest BCUT2D eigenvalue weighted by molar-refractivity contribution is 6.17. The first-order chi connectivity index (χ1) is 10.0. The molecule has 2 nitrogen and oxygen atoms in total. The van der Waals surface area contributed by atoms with Crippen molar-refractivity contribution >= 4 is 22.6 Å². The van der Waals surface area contributed by atoms with Gasteiger partial charge in [-0.2, -0.15) is 0 Å². The number of alkyl halides is 1. The van der Waals surface area contributed by atoms with Crippen LogP contribution < -0.4 is 0 Å². The maximum Gasteiger partial charge on any atom is 0.111 e. The lowest BCUT2D eigenvalue weighted by Gasteiger charge is -2.18. The van der Waals surface area contributed by atoms with Crippen molar-refractivity contribution < 1.29 is 0 Å². The van der Waals surface area contributed by atoms with Crippen LogP contribution in [0.25, 0.3) is 11.0 Å². The van der Waals surface area contributed by atoms with Crippen LogP contribution in [-0.2, 0) is 6.42 Å². The van der Waals surface area contributed by atoms with E-state index in [9.17, 15) is 0 Å². The van der Waals surface area contributed by atoms with E-state index in [4.69, 9.17) is 16.6 Å². The van der Waals surface area contributed by atoms with Crippen molar-refractivity contribution in [3.63, 3.8) is 0 Å². The summed E-state index contributed by atoms with van der Waals surface area (Å²) in [5.41, 5.74) is 3.61.